The molecule has 6 nitrogen and oxygen atoms in total. The highest BCUT2D eigenvalue weighted by Crippen LogP contribution is 2.23. The quantitative estimate of drug-likeness (QED) is 0.312. The van der Waals surface area contributed by atoms with Crippen LogP contribution in [-0.4, -0.2) is 14.9 Å². The Morgan fingerprint density at radius 1 is 1.10 bits per heavy atom. The van der Waals surface area contributed by atoms with E-state index in [-0.39, 0.29) is 5.63 Å². The molecule has 0 aliphatic carbocycles. The monoisotopic (exact) mass is 458 g/mol. The summed E-state index contributed by atoms with van der Waals surface area (Å²) in [6.07, 6.45) is 3.51. The zero-order valence-corrected chi connectivity index (χ0v) is 18.1. The predicted octanol–water partition coefficient (Wildman–Crippen LogP) is 5.46. The molecule has 0 radical (unpaired) electrons. The van der Waals surface area contributed by atoms with Gasteiger partial charge in [0.15, 0.2) is 5.11 Å². The van der Waals surface area contributed by atoms with Crippen molar-refractivity contribution in [1.29, 1.82) is 0 Å². The van der Waals surface area contributed by atoms with Crippen LogP contribution in [-0.2, 0) is 6.54 Å². The van der Waals surface area contributed by atoms with Gasteiger partial charge in [0.2, 0.25) is 0 Å². The first-order valence-corrected chi connectivity index (χ1v) is 10.1. The Hall–Kier alpha value is -2.87. The molecule has 152 valence electrons. The molecule has 0 bridgehead atoms. The van der Waals surface area contributed by atoms with E-state index in [2.05, 4.69) is 15.7 Å². The van der Waals surface area contributed by atoms with Gasteiger partial charge in [-0.15, -0.1) is 0 Å². The van der Waals surface area contributed by atoms with E-state index in [9.17, 15) is 4.79 Å². The second-order valence-electron chi connectivity index (χ2n) is 6.71. The molecule has 0 amide bonds. The molecule has 0 aliphatic heterocycles. The Morgan fingerprint density at radius 3 is 2.70 bits per heavy atom. The minimum atomic E-state index is -0.382. The summed E-state index contributed by atoms with van der Waals surface area (Å²) in [6.45, 7) is 2.41. The third-order valence-electron chi connectivity index (χ3n) is 4.43. The number of benzene rings is 2. The van der Waals surface area contributed by atoms with E-state index in [0.717, 1.165) is 22.2 Å². The third-order valence-corrected chi connectivity index (χ3v) is 5.37. The smallest absolute Gasteiger partial charge is 0.336 e. The van der Waals surface area contributed by atoms with Crippen molar-refractivity contribution in [2.45, 2.75) is 13.5 Å². The van der Waals surface area contributed by atoms with Gasteiger partial charge in [-0.3, -0.25) is 4.68 Å². The Bertz CT molecular complexity index is 1320. The fraction of sp³-hybridized carbons (Fsp3) is 0.0952. The van der Waals surface area contributed by atoms with E-state index in [4.69, 9.17) is 39.8 Å². The molecule has 4 rings (SSSR count). The second kappa shape index (κ2) is 8.47. The lowest BCUT2D eigenvalue weighted by molar-refractivity contribution is 0.560. The van der Waals surface area contributed by atoms with E-state index < -0.39 is 0 Å². The number of rotatable bonds is 4. The van der Waals surface area contributed by atoms with Crippen molar-refractivity contribution < 1.29 is 4.42 Å². The summed E-state index contributed by atoms with van der Waals surface area (Å²) in [7, 11) is 0. The van der Waals surface area contributed by atoms with Gasteiger partial charge >= 0.3 is 5.63 Å². The van der Waals surface area contributed by atoms with Gasteiger partial charge in [0.1, 0.15) is 5.58 Å². The van der Waals surface area contributed by atoms with Crippen molar-refractivity contribution in [3.63, 3.8) is 0 Å². The lowest BCUT2D eigenvalue weighted by Crippen LogP contribution is -2.18. The molecule has 0 atom stereocenters. The molecule has 0 aliphatic rings. The van der Waals surface area contributed by atoms with E-state index in [1.165, 1.54) is 6.07 Å². The Balaban J connectivity index is 1.42. The predicted molar refractivity (Wildman–Crippen MR) is 125 cm³/mol. The average molecular weight is 459 g/mol. The maximum atomic E-state index is 11.6. The molecule has 9 heteroatoms. The first-order chi connectivity index (χ1) is 14.4. The Kier molecular flexibility index (Phi) is 5.76. The Labute approximate surface area is 187 Å². The van der Waals surface area contributed by atoms with Crippen LogP contribution in [0.4, 0.5) is 11.4 Å². The van der Waals surface area contributed by atoms with Crippen LogP contribution >= 0.6 is 35.4 Å². The van der Waals surface area contributed by atoms with E-state index in [0.29, 0.717) is 33.0 Å². The number of nitrogens with zero attached hydrogens (tertiary/aromatic N) is 2. The van der Waals surface area contributed by atoms with E-state index in [1.54, 1.807) is 23.0 Å². The molecular weight excluding hydrogens is 443 g/mol. The van der Waals surface area contributed by atoms with Gasteiger partial charge in [0.25, 0.3) is 0 Å². The summed E-state index contributed by atoms with van der Waals surface area (Å²) >= 11 is 17.4. The van der Waals surface area contributed by atoms with Crippen LogP contribution < -0.4 is 16.3 Å². The van der Waals surface area contributed by atoms with E-state index >= 15 is 0 Å². The van der Waals surface area contributed by atoms with Crippen molar-refractivity contribution in [1.82, 2.24) is 9.78 Å². The number of halogens is 2. The summed E-state index contributed by atoms with van der Waals surface area (Å²) in [5.74, 6) is 0. The van der Waals surface area contributed by atoms with Crippen LogP contribution in [0.15, 0.2) is 64.1 Å². The SMILES string of the molecule is Cc1cc(=O)oc2cc(NC(=S)Nc3cnn(Cc4ccc(Cl)c(Cl)c4)c3)ccc12. The Morgan fingerprint density at radius 2 is 1.90 bits per heavy atom. The van der Waals surface area contributed by atoms with Crippen LogP contribution in [0.1, 0.15) is 11.1 Å². The second-order valence-corrected chi connectivity index (χ2v) is 7.94. The van der Waals surface area contributed by atoms with Gasteiger partial charge in [-0.1, -0.05) is 29.3 Å². The van der Waals surface area contributed by atoms with Gasteiger partial charge in [-0.05, 0) is 54.5 Å². The van der Waals surface area contributed by atoms with Crippen LogP contribution in [0.25, 0.3) is 11.0 Å². The molecule has 2 aromatic heterocycles. The standard InChI is InChI=1S/C21H16Cl2N4O2S/c1-12-6-20(28)29-19-8-14(3-4-16(12)19)25-21(30)26-15-9-24-27(11-15)10-13-2-5-17(22)18(23)7-13/h2-9,11H,10H2,1H3,(H2,25,26,30). The van der Waals surface area contributed by atoms with Crippen LogP contribution in [0.3, 0.4) is 0 Å². The van der Waals surface area contributed by atoms with Crippen molar-refractivity contribution in [2.75, 3.05) is 10.6 Å². The van der Waals surface area contributed by atoms with Crippen LogP contribution in [0, 0.1) is 6.92 Å². The molecule has 4 aromatic rings. The molecule has 30 heavy (non-hydrogen) atoms. The van der Waals surface area contributed by atoms with Crippen molar-refractivity contribution in [3.8, 4) is 0 Å². The largest absolute Gasteiger partial charge is 0.423 e. The highest BCUT2D eigenvalue weighted by Gasteiger charge is 2.07. The number of aryl methyl sites for hydroxylation is 1. The summed E-state index contributed by atoms with van der Waals surface area (Å²) in [5.41, 5.74) is 3.40. The lowest BCUT2D eigenvalue weighted by atomic mass is 10.1. The summed E-state index contributed by atoms with van der Waals surface area (Å²) < 4.78 is 7.03. The highest BCUT2D eigenvalue weighted by atomic mass is 35.5. The van der Waals surface area contributed by atoms with Gasteiger partial charge in [-0.2, -0.15) is 5.10 Å². The maximum absolute atomic E-state index is 11.6. The zero-order valence-electron chi connectivity index (χ0n) is 15.8. The number of hydrogen-bond donors (Lipinski definition) is 2. The van der Waals surface area contributed by atoms with Gasteiger partial charge in [0, 0.05) is 29.4 Å². The first-order valence-electron chi connectivity index (χ1n) is 8.96. The van der Waals surface area contributed by atoms with Crippen molar-refractivity contribution in [3.05, 3.63) is 86.5 Å². The minimum absolute atomic E-state index is 0.382. The molecular formula is C21H16Cl2N4O2S. The molecule has 2 heterocycles. The third kappa shape index (κ3) is 4.64. The fourth-order valence-electron chi connectivity index (χ4n) is 3.04. The van der Waals surface area contributed by atoms with E-state index in [1.807, 2.05) is 37.4 Å². The fourth-order valence-corrected chi connectivity index (χ4v) is 3.59. The topological polar surface area (TPSA) is 72.1 Å². The lowest BCUT2D eigenvalue weighted by Gasteiger charge is -2.10. The average Bonchev–Trinajstić information content (AvgIpc) is 3.10. The van der Waals surface area contributed by atoms with Crippen LogP contribution in [0.2, 0.25) is 10.0 Å². The first kappa shape index (κ1) is 20.4. The van der Waals surface area contributed by atoms with Gasteiger partial charge in [0.05, 0.1) is 28.5 Å². The molecule has 0 saturated heterocycles. The molecule has 0 spiro atoms. The van der Waals surface area contributed by atoms with Gasteiger partial charge in [-0.25, -0.2) is 4.79 Å². The maximum Gasteiger partial charge on any atom is 0.336 e. The van der Waals surface area contributed by atoms with Crippen LogP contribution in [0.5, 0.6) is 0 Å². The number of thiocarbonyl (C=S) groups is 1. The summed E-state index contributed by atoms with van der Waals surface area (Å²) in [4.78, 5) is 11.6. The molecule has 0 fully saturated rings. The number of nitrogens with one attached hydrogen (secondary N) is 2. The normalized spacial score (nSPS) is 10.9. The number of aromatic nitrogens is 2. The summed E-state index contributed by atoms with van der Waals surface area (Å²) in [6, 6.07) is 12.4. The van der Waals surface area contributed by atoms with Crippen molar-refractivity contribution >= 4 is 62.9 Å². The molecule has 0 unspecified atom stereocenters. The minimum Gasteiger partial charge on any atom is -0.423 e. The number of anilines is 2. The zero-order chi connectivity index (χ0) is 21.3. The molecule has 0 saturated carbocycles. The number of hydrogen-bond acceptors (Lipinski definition) is 4. The molecule has 2 N–H and O–H groups in total. The van der Waals surface area contributed by atoms with Crippen molar-refractivity contribution in [2.24, 2.45) is 0 Å². The molecule has 2 aromatic carbocycles. The summed E-state index contributed by atoms with van der Waals surface area (Å²) in [5, 5.41) is 12.8. The highest BCUT2D eigenvalue weighted by molar-refractivity contribution is 7.80. The van der Waals surface area contributed by atoms with Gasteiger partial charge < -0.3 is 15.1 Å². The number of fused-ring (bicyclic) bond motifs is 1.